The number of amides is 1. The molecule has 2 aromatic rings. The number of aromatic carboxylic acids is 1. The van der Waals surface area contributed by atoms with Gasteiger partial charge in [-0.3, -0.25) is 4.79 Å². The van der Waals surface area contributed by atoms with Gasteiger partial charge in [-0.1, -0.05) is 0 Å². The van der Waals surface area contributed by atoms with E-state index in [0.29, 0.717) is 29.2 Å². The van der Waals surface area contributed by atoms with Crippen molar-refractivity contribution < 1.29 is 14.7 Å². The molecule has 0 bridgehead atoms. The molecule has 0 saturated carbocycles. The zero-order chi connectivity index (χ0) is 15.6. The fourth-order valence-corrected chi connectivity index (χ4v) is 2.23. The molecule has 1 amide bonds. The van der Waals surface area contributed by atoms with Crippen molar-refractivity contribution in [1.82, 2.24) is 25.1 Å². The minimum atomic E-state index is -1.08. The van der Waals surface area contributed by atoms with E-state index in [1.807, 2.05) is 11.5 Å². The highest BCUT2D eigenvalue weighted by molar-refractivity contribution is 6.00. The molecule has 21 heavy (non-hydrogen) atoms. The van der Waals surface area contributed by atoms with Crippen molar-refractivity contribution in [2.45, 2.75) is 33.9 Å². The van der Waals surface area contributed by atoms with Crippen molar-refractivity contribution in [3.63, 3.8) is 0 Å². The summed E-state index contributed by atoms with van der Waals surface area (Å²) in [6.07, 6.45) is 1.59. The van der Waals surface area contributed by atoms with Crippen molar-refractivity contribution in [1.29, 1.82) is 0 Å². The monoisotopic (exact) mass is 291 g/mol. The Morgan fingerprint density at radius 1 is 1.43 bits per heavy atom. The second kappa shape index (κ2) is 5.78. The third-order valence-electron chi connectivity index (χ3n) is 3.32. The second-order valence-corrected chi connectivity index (χ2v) is 4.65. The number of carboxylic acid groups (broad SMARTS) is 1. The van der Waals surface area contributed by atoms with Gasteiger partial charge >= 0.3 is 5.97 Å². The number of nitrogens with zero attached hydrogens (tertiary/aromatic N) is 3. The topological polar surface area (TPSA) is 113 Å². The minimum absolute atomic E-state index is 0.0365. The molecule has 0 saturated heterocycles. The van der Waals surface area contributed by atoms with Gasteiger partial charge in [-0.15, -0.1) is 10.2 Å². The Morgan fingerprint density at radius 2 is 2.14 bits per heavy atom. The molecule has 0 spiro atoms. The van der Waals surface area contributed by atoms with Crippen LogP contribution in [-0.2, 0) is 13.1 Å². The average molecular weight is 291 g/mol. The summed E-state index contributed by atoms with van der Waals surface area (Å²) in [5, 5.41) is 19.5. The van der Waals surface area contributed by atoms with Crippen LogP contribution in [0.15, 0.2) is 6.33 Å². The van der Waals surface area contributed by atoms with E-state index in [0.717, 1.165) is 0 Å². The number of hydrogen-bond acceptors (Lipinski definition) is 4. The number of H-pyrrole nitrogens is 1. The summed E-state index contributed by atoms with van der Waals surface area (Å²) in [5.41, 5.74) is 1.35. The van der Waals surface area contributed by atoms with Gasteiger partial charge in [0.1, 0.15) is 12.0 Å². The predicted octanol–water partition coefficient (Wildman–Crippen LogP) is 0.871. The maximum absolute atomic E-state index is 12.2. The largest absolute Gasteiger partial charge is 0.477 e. The van der Waals surface area contributed by atoms with Crippen molar-refractivity contribution in [3.8, 4) is 0 Å². The molecular formula is C13H17N5O3. The van der Waals surface area contributed by atoms with Crippen molar-refractivity contribution in [2.24, 2.45) is 0 Å². The molecule has 3 N–H and O–H groups in total. The number of aryl methyl sites for hydroxylation is 2. The Morgan fingerprint density at radius 3 is 2.71 bits per heavy atom. The van der Waals surface area contributed by atoms with E-state index in [9.17, 15) is 9.59 Å². The Hall–Kier alpha value is -2.64. The van der Waals surface area contributed by atoms with Gasteiger partial charge in [0.05, 0.1) is 12.1 Å². The molecule has 2 heterocycles. The standard InChI is InChI=1S/C13H17N5O3/c1-4-18-6-15-17-9(18)5-14-12(19)10-7(2)11(13(20)21)16-8(10)3/h6,16H,4-5H2,1-3H3,(H,14,19)(H,20,21). The van der Waals surface area contributed by atoms with E-state index in [1.54, 1.807) is 20.2 Å². The number of nitrogens with one attached hydrogen (secondary N) is 2. The molecule has 0 fully saturated rings. The Bertz CT molecular complexity index is 686. The third kappa shape index (κ3) is 2.78. The van der Waals surface area contributed by atoms with E-state index in [2.05, 4.69) is 20.5 Å². The number of aromatic amines is 1. The minimum Gasteiger partial charge on any atom is -0.477 e. The quantitative estimate of drug-likeness (QED) is 0.756. The van der Waals surface area contributed by atoms with E-state index in [1.165, 1.54) is 0 Å². The van der Waals surface area contributed by atoms with E-state index in [-0.39, 0.29) is 18.1 Å². The van der Waals surface area contributed by atoms with Crippen LogP contribution in [0.5, 0.6) is 0 Å². The van der Waals surface area contributed by atoms with E-state index >= 15 is 0 Å². The number of rotatable bonds is 5. The lowest BCUT2D eigenvalue weighted by molar-refractivity contribution is 0.0690. The summed E-state index contributed by atoms with van der Waals surface area (Å²) in [7, 11) is 0. The van der Waals surface area contributed by atoms with Gasteiger partial charge in [0, 0.05) is 12.2 Å². The van der Waals surface area contributed by atoms with Crippen LogP contribution < -0.4 is 5.32 Å². The summed E-state index contributed by atoms with van der Waals surface area (Å²) in [6.45, 7) is 6.18. The van der Waals surface area contributed by atoms with Crippen molar-refractivity contribution in [3.05, 3.63) is 34.7 Å². The maximum atomic E-state index is 12.2. The number of carbonyl (C=O) groups is 2. The molecule has 0 aliphatic rings. The van der Waals surface area contributed by atoms with Crippen LogP contribution >= 0.6 is 0 Å². The first-order chi connectivity index (χ1) is 9.95. The summed E-state index contributed by atoms with van der Waals surface area (Å²) in [6, 6.07) is 0. The number of carbonyl (C=O) groups excluding carboxylic acids is 1. The molecule has 0 aliphatic carbocycles. The highest BCUT2D eigenvalue weighted by Gasteiger charge is 2.21. The summed E-state index contributed by atoms with van der Waals surface area (Å²) in [4.78, 5) is 26.0. The zero-order valence-corrected chi connectivity index (χ0v) is 12.1. The molecule has 0 aromatic carbocycles. The summed E-state index contributed by atoms with van der Waals surface area (Å²) >= 11 is 0. The van der Waals surface area contributed by atoms with Crippen LogP contribution in [-0.4, -0.2) is 36.7 Å². The number of carboxylic acids is 1. The molecule has 2 aromatic heterocycles. The normalized spacial score (nSPS) is 10.6. The van der Waals surface area contributed by atoms with Gasteiger partial charge in [0.25, 0.3) is 5.91 Å². The molecule has 8 heteroatoms. The van der Waals surface area contributed by atoms with Crippen LogP contribution in [0.2, 0.25) is 0 Å². The van der Waals surface area contributed by atoms with E-state index < -0.39 is 5.97 Å². The van der Waals surface area contributed by atoms with Crippen molar-refractivity contribution >= 4 is 11.9 Å². The van der Waals surface area contributed by atoms with Gasteiger partial charge in [-0.2, -0.15) is 0 Å². The van der Waals surface area contributed by atoms with Gasteiger partial charge < -0.3 is 20.0 Å². The first-order valence-electron chi connectivity index (χ1n) is 6.53. The SMILES string of the molecule is CCn1cnnc1CNC(=O)c1c(C)[nH]c(C(=O)O)c1C. The molecule has 0 unspecified atom stereocenters. The van der Waals surface area contributed by atoms with Crippen LogP contribution in [0.25, 0.3) is 0 Å². The summed E-state index contributed by atoms with van der Waals surface area (Å²) in [5.74, 6) is -0.769. The Balaban J connectivity index is 2.16. The first kappa shape index (κ1) is 14.8. The highest BCUT2D eigenvalue weighted by Crippen LogP contribution is 2.17. The lowest BCUT2D eigenvalue weighted by Crippen LogP contribution is -2.25. The lowest BCUT2D eigenvalue weighted by Gasteiger charge is -2.06. The lowest BCUT2D eigenvalue weighted by atomic mass is 10.1. The second-order valence-electron chi connectivity index (χ2n) is 4.65. The highest BCUT2D eigenvalue weighted by atomic mass is 16.4. The molecule has 112 valence electrons. The maximum Gasteiger partial charge on any atom is 0.352 e. The Kier molecular flexibility index (Phi) is 4.06. The van der Waals surface area contributed by atoms with Crippen molar-refractivity contribution in [2.75, 3.05) is 0 Å². The number of hydrogen-bond donors (Lipinski definition) is 3. The fraction of sp³-hybridized carbons (Fsp3) is 0.385. The van der Waals surface area contributed by atoms with Crippen LogP contribution in [0.4, 0.5) is 0 Å². The molecular weight excluding hydrogens is 274 g/mol. The number of aromatic nitrogens is 4. The van der Waals surface area contributed by atoms with Gasteiger partial charge in [-0.25, -0.2) is 4.79 Å². The van der Waals surface area contributed by atoms with Gasteiger partial charge in [0.15, 0.2) is 5.82 Å². The smallest absolute Gasteiger partial charge is 0.352 e. The van der Waals surface area contributed by atoms with Gasteiger partial charge in [0.2, 0.25) is 0 Å². The predicted molar refractivity (Wildman–Crippen MR) is 74.1 cm³/mol. The summed E-state index contributed by atoms with van der Waals surface area (Å²) < 4.78 is 1.82. The molecule has 0 radical (unpaired) electrons. The molecule has 8 nitrogen and oxygen atoms in total. The molecule has 0 atom stereocenters. The third-order valence-corrected chi connectivity index (χ3v) is 3.32. The molecule has 0 aliphatic heterocycles. The average Bonchev–Trinajstić information content (AvgIpc) is 3.00. The Labute approximate surface area is 121 Å². The zero-order valence-electron chi connectivity index (χ0n) is 12.1. The first-order valence-corrected chi connectivity index (χ1v) is 6.53. The van der Waals surface area contributed by atoms with Crippen LogP contribution in [0.1, 0.15) is 44.9 Å². The molecule has 2 rings (SSSR count). The van der Waals surface area contributed by atoms with Crippen LogP contribution in [0.3, 0.4) is 0 Å². The van der Waals surface area contributed by atoms with Gasteiger partial charge in [-0.05, 0) is 26.3 Å². The van der Waals surface area contributed by atoms with Crippen LogP contribution in [0, 0.1) is 13.8 Å². The fourth-order valence-electron chi connectivity index (χ4n) is 2.23. The van der Waals surface area contributed by atoms with E-state index in [4.69, 9.17) is 5.11 Å².